The minimum absolute atomic E-state index is 0.116. The molecule has 0 heterocycles. The molecule has 0 radical (unpaired) electrons. The molecule has 0 bridgehead atoms. The van der Waals surface area contributed by atoms with Crippen LogP contribution >= 0.6 is 0 Å². The van der Waals surface area contributed by atoms with E-state index < -0.39 is 15.9 Å². The largest absolute Gasteiger partial charge is 0.379 e. The fourth-order valence-corrected chi connectivity index (χ4v) is 4.07. The zero-order chi connectivity index (χ0) is 20.9. The molecule has 1 aliphatic rings. The predicted octanol–water partition coefficient (Wildman–Crippen LogP) is 4.66. The molecule has 0 N–H and O–H groups in total. The van der Waals surface area contributed by atoms with E-state index in [9.17, 15) is 17.6 Å². The minimum Gasteiger partial charge on any atom is -0.379 e. The first-order chi connectivity index (χ1) is 13.9. The van der Waals surface area contributed by atoms with Gasteiger partial charge in [0, 0.05) is 19.0 Å². The molecule has 1 amide bonds. The Bertz CT molecular complexity index is 940. The maximum absolute atomic E-state index is 13.0. The molecule has 3 rings (SSSR count). The van der Waals surface area contributed by atoms with Crippen molar-refractivity contribution in [3.05, 3.63) is 59.9 Å². The van der Waals surface area contributed by atoms with Gasteiger partial charge in [0.2, 0.25) is 5.91 Å². The summed E-state index contributed by atoms with van der Waals surface area (Å²) in [6.07, 6.45) is 5.55. The summed E-state index contributed by atoms with van der Waals surface area (Å²) < 4.78 is 43.1. The van der Waals surface area contributed by atoms with Crippen LogP contribution in [0.15, 0.2) is 53.4 Å². The molecule has 5 nitrogen and oxygen atoms in total. The Hall–Kier alpha value is -2.41. The molecule has 0 unspecified atom stereocenters. The Morgan fingerprint density at radius 2 is 1.86 bits per heavy atom. The standard InChI is InChI=1S/C22H26FNO4S/c1-2-3-4-8-22(25)24(19-11-12-19)16-17-6-5-7-20(15-17)28-29(26,27)21-13-9-18(23)10-14-21/h5-7,9-10,13-15,19H,2-4,8,11-12,16H2,1H3. The van der Waals surface area contributed by atoms with Gasteiger partial charge >= 0.3 is 10.1 Å². The molecule has 0 spiro atoms. The van der Waals surface area contributed by atoms with E-state index in [0.29, 0.717) is 13.0 Å². The number of carbonyl (C=O) groups is 1. The lowest BCUT2D eigenvalue weighted by Gasteiger charge is -2.23. The zero-order valence-electron chi connectivity index (χ0n) is 16.5. The van der Waals surface area contributed by atoms with Crippen LogP contribution in [0.5, 0.6) is 5.75 Å². The summed E-state index contributed by atoms with van der Waals surface area (Å²) in [5.41, 5.74) is 0.813. The summed E-state index contributed by atoms with van der Waals surface area (Å²) >= 11 is 0. The van der Waals surface area contributed by atoms with Crippen molar-refractivity contribution in [2.45, 2.75) is 62.9 Å². The molecule has 29 heavy (non-hydrogen) atoms. The van der Waals surface area contributed by atoms with Crippen LogP contribution < -0.4 is 4.18 Å². The van der Waals surface area contributed by atoms with E-state index >= 15 is 0 Å². The number of carbonyl (C=O) groups excluding carboxylic acids is 1. The summed E-state index contributed by atoms with van der Waals surface area (Å²) in [5.74, 6) is -0.207. The van der Waals surface area contributed by atoms with Crippen LogP contribution in [-0.2, 0) is 21.5 Å². The maximum Gasteiger partial charge on any atom is 0.339 e. The van der Waals surface area contributed by atoms with Crippen LogP contribution in [0.25, 0.3) is 0 Å². The Morgan fingerprint density at radius 1 is 1.14 bits per heavy atom. The van der Waals surface area contributed by atoms with E-state index in [2.05, 4.69) is 6.92 Å². The highest BCUT2D eigenvalue weighted by Gasteiger charge is 2.32. The van der Waals surface area contributed by atoms with Crippen molar-refractivity contribution < 1.29 is 21.8 Å². The fraction of sp³-hybridized carbons (Fsp3) is 0.409. The summed E-state index contributed by atoms with van der Waals surface area (Å²) in [7, 11) is -4.06. The van der Waals surface area contributed by atoms with Gasteiger partial charge in [0.05, 0.1) is 0 Å². The van der Waals surface area contributed by atoms with E-state index in [0.717, 1.165) is 61.9 Å². The molecule has 1 fully saturated rings. The van der Waals surface area contributed by atoms with Crippen LogP contribution in [0.3, 0.4) is 0 Å². The summed E-state index contributed by atoms with van der Waals surface area (Å²) in [6, 6.07) is 11.5. The van der Waals surface area contributed by atoms with E-state index in [1.807, 2.05) is 11.0 Å². The van der Waals surface area contributed by atoms with Crippen molar-refractivity contribution in [1.82, 2.24) is 4.90 Å². The smallest absolute Gasteiger partial charge is 0.339 e. The normalized spacial score (nSPS) is 13.9. The third-order valence-corrected chi connectivity index (χ3v) is 6.12. The molecule has 7 heteroatoms. The molecular weight excluding hydrogens is 393 g/mol. The summed E-state index contributed by atoms with van der Waals surface area (Å²) in [4.78, 5) is 14.4. The first kappa shape index (κ1) is 21.3. The zero-order valence-corrected chi connectivity index (χ0v) is 17.3. The lowest BCUT2D eigenvalue weighted by atomic mass is 10.1. The first-order valence-electron chi connectivity index (χ1n) is 9.97. The topological polar surface area (TPSA) is 63.7 Å². The molecule has 0 aliphatic heterocycles. The Balaban J connectivity index is 1.69. The number of benzene rings is 2. The van der Waals surface area contributed by atoms with Gasteiger partial charge in [-0.05, 0) is 61.2 Å². The Morgan fingerprint density at radius 3 is 2.52 bits per heavy atom. The lowest BCUT2D eigenvalue weighted by molar-refractivity contribution is -0.132. The van der Waals surface area contributed by atoms with Crippen LogP contribution in [0.2, 0.25) is 0 Å². The maximum atomic E-state index is 13.0. The van der Waals surface area contributed by atoms with E-state index in [1.165, 1.54) is 0 Å². The number of amides is 1. The van der Waals surface area contributed by atoms with Crippen LogP contribution in [0.4, 0.5) is 4.39 Å². The van der Waals surface area contributed by atoms with E-state index in [-0.39, 0.29) is 22.6 Å². The minimum atomic E-state index is -4.06. The van der Waals surface area contributed by atoms with Gasteiger partial charge in [0.15, 0.2) is 0 Å². The highest BCUT2D eigenvalue weighted by molar-refractivity contribution is 7.87. The number of hydrogen-bond acceptors (Lipinski definition) is 4. The number of unbranched alkanes of at least 4 members (excludes halogenated alkanes) is 2. The average molecular weight is 420 g/mol. The van der Waals surface area contributed by atoms with Crippen LogP contribution in [0.1, 0.15) is 51.0 Å². The molecule has 0 saturated heterocycles. The van der Waals surface area contributed by atoms with Crippen molar-refractivity contribution in [1.29, 1.82) is 0 Å². The fourth-order valence-electron chi connectivity index (χ4n) is 3.15. The summed E-state index contributed by atoms with van der Waals surface area (Å²) in [6.45, 7) is 2.54. The molecular formula is C22H26FNO4S. The van der Waals surface area contributed by atoms with Gasteiger partial charge in [-0.2, -0.15) is 8.42 Å². The van der Waals surface area contributed by atoms with E-state index in [1.54, 1.807) is 18.2 Å². The van der Waals surface area contributed by atoms with Gasteiger partial charge in [-0.15, -0.1) is 0 Å². The van der Waals surface area contributed by atoms with Gasteiger partial charge < -0.3 is 9.08 Å². The number of halogens is 1. The highest BCUT2D eigenvalue weighted by Crippen LogP contribution is 2.30. The second-order valence-corrected chi connectivity index (χ2v) is 8.90. The SMILES string of the molecule is CCCCCC(=O)N(Cc1cccc(OS(=O)(=O)c2ccc(F)cc2)c1)C1CC1. The number of rotatable bonds is 10. The third-order valence-electron chi connectivity index (χ3n) is 4.86. The lowest BCUT2D eigenvalue weighted by Crippen LogP contribution is -2.32. The van der Waals surface area contributed by atoms with Crippen molar-refractivity contribution in [2.24, 2.45) is 0 Å². The van der Waals surface area contributed by atoms with Crippen LogP contribution in [-0.4, -0.2) is 25.3 Å². The highest BCUT2D eigenvalue weighted by atomic mass is 32.2. The molecule has 0 atom stereocenters. The second kappa shape index (κ2) is 9.39. The molecule has 2 aromatic carbocycles. The van der Waals surface area contributed by atoms with Gasteiger partial charge in [-0.25, -0.2) is 4.39 Å². The van der Waals surface area contributed by atoms with Crippen LogP contribution in [0, 0.1) is 5.82 Å². The quantitative estimate of drug-likeness (QED) is 0.415. The number of nitrogens with zero attached hydrogens (tertiary/aromatic N) is 1. The molecule has 1 aliphatic carbocycles. The molecule has 0 aromatic heterocycles. The van der Waals surface area contributed by atoms with Gasteiger partial charge in [0.1, 0.15) is 16.5 Å². The summed E-state index contributed by atoms with van der Waals surface area (Å²) in [5, 5.41) is 0. The van der Waals surface area contributed by atoms with Crippen molar-refractivity contribution in [3.8, 4) is 5.75 Å². The predicted molar refractivity (Wildman–Crippen MR) is 108 cm³/mol. The average Bonchev–Trinajstić information content (AvgIpc) is 3.51. The molecule has 156 valence electrons. The Kier molecular flexibility index (Phi) is 6.90. The number of hydrogen-bond donors (Lipinski definition) is 0. The van der Waals surface area contributed by atoms with Gasteiger partial charge in [-0.3, -0.25) is 4.79 Å². The Labute approximate surface area is 171 Å². The van der Waals surface area contributed by atoms with Gasteiger partial charge in [0.25, 0.3) is 0 Å². The van der Waals surface area contributed by atoms with Crippen molar-refractivity contribution >= 4 is 16.0 Å². The van der Waals surface area contributed by atoms with Crippen molar-refractivity contribution in [3.63, 3.8) is 0 Å². The van der Waals surface area contributed by atoms with Gasteiger partial charge in [-0.1, -0.05) is 31.9 Å². The molecule has 1 saturated carbocycles. The van der Waals surface area contributed by atoms with E-state index in [4.69, 9.17) is 4.18 Å². The second-order valence-electron chi connectivity index (χ2n) is 7.35. The first-order valence-corrected chi connectivity index (χ1v) is 11.4. The third kappa shape index (κ3) is 6.03. The molecule has 2 aromatic rings. The van der Waals surface area contributed by atoms with Crippen molar-refractivity contribution in [2.75, 3.05) is 0 Å². The monoisotopic (exact) mass is 419 g/mol.